The van der Waals surface area contributed by atoms with E-state index in [1.165, 1.54) is 25.7 Å². The van der Waals surface area contributed by atoms with E-state index in [2.05, 4.69) is 93.7 Å². The summed E-state index contributed by atoms with van der Waals surface area (Å²) in [5.74, 6) is -1.01. The average molecular weight is 855 g/mol. The summed E-state index contributed by atoms with van der Waals surface area (Å²) in [7, 11) is 0. The first kappa shape index (κ1) is 57.5. The number of allylic oxidation sites excluding steroid dienone is 22. The first-order valence-electron chi connectivity index (χ1n) is 24.3. The average Bonchev–Trinajstić information content (AvgIpc) is 3.27. The Labute approximate surface area is 379 Å². The van der Waals surface area contributed by atoms with Gasteiger partial charge in [0.1, 0.15) is 13.2 Å². The van der Waals surface area contributed by atoms with E-state index in [9.17, 15) is 14.4 Å². The summed E-state index contributed by atoms with van der Waals surface area (Å²) in [5, 5.41) is 0. The first-order chi connectivity index (χ1) is 30.5. The molecule has 346 valence electrons. The van der Waals surface area contributed by atoms with Crippen molar-refractivity contribution in [1.29, 1.82) is 0 Å². The molecule has 0 spiro atoms. The normalized spacial score (nSPS) is 13.3. The number of hydrogen-bond acceptors (Lipinski definition) is 6. The summed E-state index contributed by atoms with van der Waals surface area (Å²) >= 11 is 0. The fraction of sp³-hybridized carbons (Fsp3) is 0.554. The molecule has 0 aromatic heterocycles. The molecule has 1 atom stereocenters. The predicted octanol–water partition coefficient (Wildman–Crippen LogP) is 15.9. The van der Waals surface area contributed by atoms with E-state index in [1.807, 2.05) is 60.8 Å². The molecular weight excluding hydrogens is 769 g/mol. The lowest BCUT2D eigenvalue weighted by Gasteiger charge is -2.18. The fourth-order valence-corrected chi connectivity index (χ4v) is 5.91. The van der Waals surface area contributed by atoms with Crippen molar-refractivity contribution < 1.29 is 28.6 Å². The van der Waals surface area contributed by atoms with Crippen LogP contribution >= 0.6 is 0 Å². The zero-order valence-corrected chi connectivity index (χ0v) is 39.3. The topological polar surface area (TPSA) is 78.9 Å². The third kappa shape index (κ3) is 46.6. The van der Waals surface area contributed by atoms with Crippen molar-refractivity contribution in [3.05, 3.63) is 134 Å². The third-order valence-electron chi connectivity index (χ3n) is 9.53. The summed E-state index contributed by atoms with van der Waals surface area (Å²) in [6.45, 7) is 6.23. The second-order valence-corrected chi connectivity index (χ2v) is 15.4. The lowest BCUT2D eigenvalue weighted by molar-refractivity contribution is -0.167. The van der Waals surface area contributed by atoms with E-state index in [1.54, 1.807) is 0 Å². The van der Waals surface area contributed by atoms with Crippen LogP contribution in [0, 0.1) is 0 Å². The quantitative estimate of drug-likeness (QED) is 0.0200. The van der Waals surface area contributed by atoms with Gasteiger partial charge in [0.2, 0.25) is 0 Å². The highest BCUT2D eigenvalue weighted by Crippen LogP contribution is 2.12. The van der Waals surface area contributed by atoms with Gasteiger partial charge in [0.05, 0.1) is 0 Å². The molecule has 0 rings (SSSR count). The van der Waals surface area contributed by atoms with Crippen LogP contribution in [0.15, 0.2) is 134 Å². The molecule has 62 heavy (non-hydrogen) atoms. The molecule has 0 heterocycles. The van der Waals surface area contributed by atoms with E-state index in [-0.39, 0.29) is 37.5 Å². The Bertz CT molecular complexity index is 1400. The molecule has 0 radical (unpaired) electrons. The summed E-state index contributed by atoms with van der Waals surface area (Å²) in [4.78, 5) is 37.9. The molecule has 0 saturated carbocycles. The molecule has 0 N–H and O–H groups in total. The van der Waals surface area contributed by atoms with E-state index >= 15 is 0 Å². The number of esters is 3. The molecule has 0 aromatic rings. The third-order valence-corrected chi connectivity index (χ3v) is 9.53. The van der Waals surface area contributed by atoms with Gasteiger partial charge >= 0.3 is 17.9 Å². The Hall–Kier alpha value is -4.45. The van der Waals surface area contributed by atoms with Crippen molar-refractivity contribution in [2.24, 2.45) is 0 Å². The monoisotopic (exact) mass is 855 g/mol. The zero-order chi connectivity index (χ0) is 45.1. The van der Waals surface area contributed by atoms with Gasteiger partial charge < -0.3 is 14.2 Å². The number of ether oxygens (including phenoxy) is 3. The van der Waals surface area contributed by atoms with Crippen molar-refractivity contribution in [3.63, 3.8) is 0 Å². The largest absolute Gasteiger partial charge is 0.462 e. The molecule has 6 heteroatoms. The van der Waals surface area contributed by atoms with E-state index in [0.29, 0.717) is 19.3 Å². The van der Waals surface area contributed by atoms with Crippen molar-refractivity contribution in [1.82, 2.24) is 0 Å². The van der Waals surface area contributed by atoms with Crippen LogP contribution in [0.25, 0.3) is 0 Å². The van der Waals surface area contributed by atoms with Crippen molar-refractivity contribution in [2.75, 3.05) is 13.2 Å². The highest BCUT2D eigenvalue weighted by Gasteiger charge is 2.19. The van der Waals surface area contributed by atoms with Crippen LogP contribution in [0.2, 0.25) is 0 Å². The predicted molar refractivity (Wildman–Crippen MR) is 265 cm³/mol. The molecule has 1 unspecified atom stereocenters. The van der Waals surface area contributed by atoms with E-state index in [0.717, 1.165) is 109 Å². The van der Waals surface area contributed by atoms with E-state index in [4.69, 9.17) is 14.2 Å². The molecule has 0 amide bonds. The van der Waals surface area contributed by atoms with Crippen LogP contribution in [0.4, 0.5) is 0 Å². The van der Waals surface area contributed by atoms with Gasteiger partial charge in [-0.05, 0) is 96.3 Å². The minimum absolute atomic E-state index is 0.115. The standard InChI is InChI=1S/C56H86O6/c1-4-7-10-13-16-19-22-24-26-28-30-31-34-37-40-43-46-49-55(58)61-52-53(51-60-54(57)48-45-42-39-36-33-21-18-15-12-9-6-3)62-56(59)50-47-44-41-38-35-32-29-27-25-23-20-17-14-11-8-5-2/h7-8,10-11,13,15-20,22,24-28,30-32,34-35,53H,4-6,9,12,14,21,23,29,33,36-52H2,1-3H3/b10-7-,11-8-,16-13-,18-15-,20-17-,22-19-,26-24-,27-25-,30-28+,34-31-,35-32-. The number of carbonyl (C=O) groups is 3. The molecular formula is C56H86O6. The lowest BCUT2D eigenvalue weighted by atomic mass is 10.1. The van der Waals surface area contributed by atoms with Crippen molar-refractivity contribution >= 4 is 17.9 Å². The molecule has 0 saturated heterocycles. The van der Waals surface area contributed by atoms with E-state index < -0.39 is 6.10 Å². The lowest BCUT2D eigenvalue weighted by Crippen LogP contribution is -2.30. The second-order valence-electron chi connectivity index (χ2n) is 15.4. The summed E-state index contributed by atoms with van der Waals surface area (Å²) < 4.78 is 16.7. The summed E-state index contributed by atoms with van der Waals surface area (Å²) in [5.41, 5.74) is 0. The Balaban J connectivity index is 4.58. The van der Waals surface area contributed by atoms with Gasteiger partial charge in [0, 0.05) is 19.3 Å². The van der Waals surface area contributed by atoms with Crippen molar-refractivity contribution in [2.45, 2.75) is 187 Å². The second kappa shape index (κ2) is 49.2. The minimum Gasteiger partial charge on any atom is -0.462 e. The maximum atomic E-state index is 12.8. The van der Waals surface area contributed by atoms with Crippen LogP contribution in [0.1, 0.15) is 181 Å². The maximum absolute atomic E-state index is 12.8. The Morgan fingerprint density at radius 2 is 0.710 bits per heavy atom. The molecule has 0 aliphatic heterocycles. The van der Waals surface area contributed by atoms with Crippen LogP contribution < -0.4 is 0 Å². The minimum atomic E-state index is -0.820. The number of carbonyl (C=O) groups excluding carboxylic acids is 3. The Morgan fingerprint density at radius 1 is 0.355 bits per heavy atom. The van der Waals surface area contributed by atoms with Gasteiger partial charge in [0.25, 0.3) is 0 Å². The number of hydrogen-bond donors (Lipinski definition) is 0. The SMILES string of the molecule is CC\C=C/C=C\C=C/C=C\C=C\C=C/CCCCCC(=O)OCC(COC(=O)CCCCCCC/C=C\CCCC)OC(=O)CCCCC/C=C\C/C=C\C/C=C\C/C=C\CC. The Morgan fingerprint density at radius 3 is 1.21 bits per heavy atom. The highest BCUT2D eigenvalue weighted by molar-refractivity contribution is 5.71. The molecule has 0 bridgehead atoms. The van der Waals surface area contributed by atoms with Crippen LogP contribution in [-0.4, -0.2) is 37.2 Å². The van der Waals surface area contributed by atoms with Gasteiger partial charge in [-0.25, -0.2) is 0 Å². The van der Waals surface area contributed by atoms with Gasteiger partial charge in [-0.3, -0.25) is 14.4 Å². The van der Waals surface area contributed by atoms with Crippen LogP contribution in [0.3, 0.4) is 0 Å². The van der Waals surface area contributed by atoms with Gasteiger partial charge in [0.15, 0.2) is 6.10 Å². The molecule has 0 aliphatic carbocycles. The molecule has 0 fully saturated rings. The number of rotatable bonds is 41. The summed E-state index contributed by atoms with van der Waals surface area (Å²) in [6, 6.07) is 0. The molecule has 0 aromatic carbocycles. The van der Waals surface area contributed by atoms with Gasteiger partial charge in [-0.15, -0.1) is 0 Å². The van der Waals surface area contributed by atoms with Gasteiger partial charge in [-0.1, -0.05) is 199 Å². The van der Waals surface area contributed by atoms with Crippen molar-refractivity contribution in [3.8, 4) is 0 Å². The number of unbranched alkanes of at least 4 members (excludes halogenated alkanes) is 13. The fourth-order valence-electron chi connectivity index (χ4n) is 5.91. The van der Waals surface area contributed by atoms with Crippen LogP contribution in [0.5, 0.6) is 0 Å². The zero-order valence-electron chi connectivity index (χ0n) is 39.3. The summed E-state index contributed by atoms with van der Waals surface area (Å²) in [6.07, 6.45) is 68.6. The maximum Gasteiger partial charge on any atom is 0.306 e. The highest BCUT2D eigenvalue weighted by atomic mass is 16.6. The van der Waals surface area contributed by atoms with Gasteiger partial charge in [-0.2, -0.15) is 0 Å². The first-order valence-corrected chi connectivity index (χ1v) is 24.3. The smallest absolute Gasteiger partial charge is 0.306 e. The molecule has 0 aliphatic rings. The Kier molecular flexibility index (Phi) is 45.7. The van der Waals surface area contributed by atoms with Crippen LogP contribution in [-0.2, 0) is 28.6 Å². The molecule has 6 nitrogen and oxygen atoms in total.